The Morgan fingerprint density at radius 1 is 1.35 bits per heavy atom. The molecule has 0 bridgehead atoms. The van der Waals surface area contributed by atoms with Gasteiger partial charge in [-0.2, -0.15) is 0 Å². The lowest BCUT2D eigenvalue weighted by atomic mass is 9.57. The van der Waals surface area contributed by atoms with Gasteiger partial charge in [0.2, 0.25) is 0 Å². The molecule has 6 nitrogen and oxygen atoms in total. The molecular formula is C14H24N2O4. The van der Waals surface area contributed by atoms with Crippen molar-refractivity contribution in [3.63, 3.8) is 0 Å². The first kappa shape index (κ1) is 15.1. The van der Waals surface area contributed by atoms with Crippen LogP contribution in [-0.2, 0) is 14.3 Å². The molecule has 2 N–H and O–H groups in total. The fraction of sp³-hybridized carbons (Fsp3) is 0.857. The Kier molecular flexibility index (Phi) is 3.95. The van der Waals surface area contributed by atoms with Crippen LogP contribution in [0.3, 0.4) is 0 Å². The number of hydrogen-bond donors (Lipinski definition) is 2. The quantitative estimate of drug-likeness (QED) is 0.741. The van der Waals surface area contributed by atoms with Gasteiger partial charge in [0.05, 0.1) is 19.1 Å². The Balaban J connectivity index is 2.03. The Hall–Kier alpha value is -1.30. The van der Waals surface area contributed by atoms with E-state index in [0.717, 1.165) is 25.9 Å². The van der Waals surface area contributed by atoms with E-state index in [4.69, 9.17) is 9.47 Å². The number of carbonyl (C=O) groups excluding carboxylic acids is 2. The smallest absolute Gasteiger partial charge is 0.407 e. The zero-order valence-corrected chi connectivity index (χ0v) is 12.6. The molecule has 1 heterocycles. The number of nitrogens with one attached hydrogen (secondary N) is 2. The molecule has 1 saturated carbocycles. The third kappa shape index (κ3) is 2.90. The van der Waals surface area contributed by atoms with Crippen molar-refractivity contribution < 1.29 is 19.1 Å². The molecule has 0 aromatic rings. The molecule has 6 heteroatoms. The monoisotopic (exact) mass is 284 g/mol. The van der Waals surface area contributed by atoms with E-state index in [1.165, 1.54) is 7.11 Å². The number of ether oxygens (including phenoxy) is 2. The van der Waals surface area contributed by atoms with E-state index in [0.29, 0.717) is 0 Å². The van der Waals surface area contributed by atoms with Crippen LogP contribution in [-0.4, -0.2) is 43.9 Å². The predicted molar refractivity (Wildman–Crippen MR) is 73.2 cm³/mol. The number of rotatable bonds is 2. The molecule has 1 saturated heterocycles. The molecule has 2 aliphatic rings. The van der Waals surface area contributed by atoms with Crippen molar-refractivity contribution in [2.45, 2.75) is 45.3 Å². The summed E-state index contributed by atoms with van der Waals surface area (Å²) in [6.07, 6.45) is 1.25. The van der Waals surface area contributed by atoms with Gasteiger partial charge in [-0.25, -0.2) is 4.79 Å². The highest BCUT2D eigenvalue weighted by atomic mass is 16.6. The number of hydrogen-bond acceptors (Lipinski definition) is 5. The molecule has 1 aliphatic heterocycles. The highest BCUT2D eigenvalue weighted by Crippen LogP contribution is 2.50. The fourth-order valence-electron chi connectivity index (χ4n) is 3.21. The van der Waals surface area contributed by atoms with Crippen LogP contribution >= 0.6 is 0 Å². The maximum atomic E-state index is 12.0. The second kappa shape index (κ2) is 5.24. The molecule has 3 atom stereocenters. The normalized spacial score (nSPS) is 32.6. The Bertz CT molecular complexity index is 396. The Labute approximate surface area is 119 Å². The van der Waals surface area contributed by atoms with E-state index in [1.54, 1.807) is 0 Å². The van der Waals surface area contributed by atoms with Crippen molar-refractivity contribution in [3.05, 3.63) is 0 Å². The Morgan fingerprint density at radius 3 is 2.55 bits per heavy atom. The number of alkyl carbamates (subject to hydrolysis) is 1. The van der Waals surface area contributed by atoms with Crippen LogP contribution < -0.4 is 10.6 Å². The summed E-state index contributed by atoms with van der Waals surface area (Å²) in [7, 11) is 1.38. The summed E-state index contributed by atoms with van der Waals surface area (Å²) in [4.78, 5) is 23.7. The maximum Gasteiger partial charge on any atom is 0.407 e. The van der Waals surface area contributed by atoms with Gasteiger partial charge in [0.1, 0.15) is 5.60 Å². The van der Waals surface area contributed by atoms with Gasteiger partial charge in [-0.1, -0.05) is 0 Å². The average Bonchev–Trinajstić information content (AvgIpc) is 2.82. The summed E-state index contributed by atoms with van der Waals surface area (Å²) in [5, 5.41) is 6.17. The first-order valence-corrected chi connectivity index (χ1v) is 7.05. The molecule has 2 rings (SSSR count). The minimum Gasteiger partial charge on any atom is -0.469 e. The standard InChI is InChI=1S/C14H24N2O4/c1-13(2,3)20-12(18)16-10-9(11(17)19-4)7-14(10)5-6-15-8-14/h9-10,15H,5-8H2,1-4H3,(H,16,18). The lowest BCUT2D eigenvalue weighted by Crippen LogP contribution is -2.64. The third-order valence-corrected chi connectivity index (χ3v) is 4.14. The summed E-state index contributed by atoms with van der Waals surface area (Å²) < 4.78 is 10.1. The topological polar surface area (TPSA) is 76.7 Å². The van der Waals surface area contributed by atoms with Crippen molar-refractivity contribution in [2.24, 2.45) is 11.3 Å². The van der Waals surface area contributed by atoms with E-state index in [9.17, 15) is 9.59 Å². The number of carbonyl (C=O) groups is 2. The molecule has 0 radical (unpaired) electrons. The summed E-state index contributed by atoms with van der Waals surface area (Å²) >= 11 is 0. The van der Waals surface area contributed by atoms with Crippen LogP contribution in [0.4, 0.5) is 4.79 Å². The molecule has 20 heavy (non-hydrogen) atoms. The van der Waals surface area contributed by atoms with Crippen LogP contribution in [0.15, 0.2) is 0 Å². The first-order chi connectivity index (χ1) is 9.27. The minimum absolute atomic E-state index is 0.0320. The van der Waals surface area contributed by atoms with Gasteiger partial charge < -0.3 is 20.1 Å². The van der Waals surface area contributed by atoms with Gasteiger partial charge in [0.15, 0.2) is 0 Å². The Morgan fingerprint density at radius 2 is 2.05 bits per heavy atom. The maximum absolute atomic E-state index is 12.0. The number of esters is 1. The zero-order valence-electron chi connectivity index (χ0n) is 12.6. The minimum atomic E-state index is -0.546. The van der Waals surface area contributed by atoms with Crippen molar-refractivity contribution in [3.8, 4) is 0 Å². The first-order valence-electron chi connectivity index (χ1n) is 7.05. The molecule has 114 valence electrons. The van der Waals surface area contributed by atoms with Crippen LogP contribution in [0.25, 0.3) is 0 Å². The van der Waals surface area contributed by atoms with Crippen molar-refractivity contribution in [2.75, 3.05) is 20.2 Å². The van der Waals surface area contributed by atoms with Gasteiger partial charge in [-0.15, -0.1) is 0 Å². The van der Waals surface area contributed by atoms with Crippen LogP contribution in [0.2, 0.25) is 0 Å². The van der Waals surface area contributed by atoms with Crippen molar-refractivity contribution >= 4 is 12.1 Å². The van der Waals surface area contributed by atoms with Crippen molar-refractivity contribution in [1.29, 1.82) is 0 Å². The largest absolute Gasteiger partial charge is 0.469 e. The van der Waals surface area contributed by atoms with Gasteiger partial charge in [-0.05, 0) is 40.2 Å². The van der Waals surface area contributed by atoms with Crippen LogP contribution in [0, 0.1) is 11.3 Å². The SMILES string of the molecule is COC(=O)C1CC2(CCNC2)C1NC(=O)OC(C)(C)C. The summed E-state index contributed by atoms with van der Waals surface area (Å²) in [5.41, 5.74) is -0.578. The lowest BCUT2D eigenvalue weighted by Gasteiger charge is -2.51. The fourth-order valence-corrected chi connectivity index (χ4v) is 3.21. The number of methoxy groups -OCH3 is 1. The van der Waals surface area contributed by atoms with E-state index in [-0.39, 0.29) is 23.3 Å². The lowest BCUT2D eigenvalue weighted by molar-refractivity contribution is -0.156. The van der Waals surface area contributed by atoms with Crippen LogP contribution in [0.5, 0.6) is 0 Å². The summed E-state index contributed by atoms with van der Waals surface area (Å²) in [5.74, 6) is -0.531. The predicted octanol–water partition coefficient (Wildman–Crippen LogP) is 1.05. The molecule has 1 spiro atoms. The molecule has 1 amide bonds. The average molecular weight is 284 g/mol. The van der Waals surface area contributed by atoms with Gasteiger partial charge in [0, 0.05) is 12.0 Å². The van der Waals surface area contributed by atoms with E-state index >= 15 is 0 Å². The highest BCUT2D eigenvalue weighted by molar-refractivity contribution is 5.77. The van der Waals surface area contributed by atoms with Crippen LogP contribution in [0.1, 0.15) is 33.6 Å². The highest BCUT2D eigenvalue weighted by Gasteiger charge is 2.58. The molecule has 3 unspecified atom stereocenters. The van der Waals surface area contributed by atoms with E-state index in [1.807, 2.05) is 20.8 Å². The molecule has 0 aromatic heterocycles. The van der Waals surface area contributed by atoms with Crippen molar-refractivity contribution in [1.82, 2.24) is 10.6 Å². The molecule has 2 fully saturated rings. The van der Waals surface area contributed by atoms with E-state index in [2.05, 4.69) is 10.6 Å². The second-order valence-corrected chi connectivity index (χ2v) is 6.75. The zero-order chi connectivity index (χ0) is 15.0. The third-order valence-electron chi connectivity index (χ3n) is 4.14. The van der Waals surface area contributed by atoms with Gasteiger partial charge in [-0.3, -0.25) is 4.79 Å². The molecule has 0 aromatic carbocycles. The molecular weight excluding hydrogens is 260 g/mol. The second-order valence-electron chi connectivity index (χ2n) is 6.75. The van der Waals surface area contributed by atoms with Gasteiger partial charge in [0.25, 0.3) is 0 Å². The summed E-state index contributed by atoms with van der Waals surface area (Å²) in [6.45, 7) is 7.19. The van der Waals surface area contributed by atoms with E-state index < -0.39 is 11.7 Å². The summed E-state index contributed by atoms with van der Waals surface area (Å²) in [6, 6.07) is -0.209. The molecule has 1 aliphatic carbocycles. The van der Waals surface area contributed by atoms with Gasteiger partial charge >= 0.3 is 12.1 Å². The number of amides is 1.